The fraction of sp³-hybridized carbons (Fsp3) is 0.500. The zero-order chi connectivity index (χ0) is 8.31. The number of hydrogen-bond donors (Lipinski definition) is 2. The third-order valence-electron chi connectivity index (χ3n) is 0.782. The van der Waals surface area contributed by atoms with E-state index < -0.39 is 24.1 Å². The molecule has 0 saturated heterocycles. The summed E-state index contributed by atoms with van der Waals surface area (Å²) < 4.78 is 0. The third-order valence-corrected chi connectivity index (χ3v) is 0.782. The number of aliphatic carboxylic acids is 2. The van der Waals surface area contributed by atoms with Gasteiger partial charge in [0, 0.05) is 0 Å². The summed E-state index contributed by atoms with van der Waals surface area (Å²) >= 11 is 0. The van der Waals surface area contributed by atoms with Crippen molar-refractivity contribution in [3.63, 3.8) is 0 Å². The molecule has 0 aromatic rings. The molecule has 0 bridgehead atoms. The molecule has 2 atom stereocenters. The van der Waals surface area contributed by atoms with E-state index in [0.29, 0.717) is 0 Å². The van der Waals surface area contributed by atoms with Crippen molar-refractivity contribution in [2.45, 2.75) is 12.2 Å². The Labute approximate surface area is 107 Å². The largest absolute Gasteiger partial charge is 2.00 e. The van der Waals surface area contributed by atoms with Crippen molar-refractivity contribution in [2.75, 3.05) is 0 Å². The van der Waals surface area contributed by atoms with Crippen molar-refractivity contribution in [3.8, 4) is 0 Å². The van der Waals surface area contributed by atoms with Gasteiger partial charge in [0.15, 0.2) is 0 Å². The van der Waals surface area contributed by atoms with E-state index in [4.69, 9.17) is 10.2 Å². The van der Waals surface area contributed by atoms with Gasteiger partial charge in [-0.3, -0.25) is 0 Å². The van der Waals surface area contributed by atoms with Crippen LogP contribution in [0.3, 0.4) is 0 Å². The van der Waals surface area contributed by atoms with E-state index in [-0.39, 0.29) is 54.4 Å². The average molecular weight is 303 g/mol. The van der Waals surface area contributed by atoms with Gasteiger partial charge in [-0.15, -0.1) is 0 Å². The molecule has 0 aromatic heterocycles. The second-order valence-corrected chi connectivity index (χ2v) is 1.53. The zero-order valence-electron chi connectivity index (χ0n) is 5.89. The molecule has 0 heterocycles. The fourth-order valence-electron chi connectivity index (χ4n) is 0.258. The van der Waals surface area contributed by atoms with Crippen molar-refractivity contribution in [2.24, 2.45) is 0 Å². The van der Waals surface area contributed by atoms with E-state index >= 15 is 0 Å². The molecular weight excluding hydrogens is 297 g/mol. The predicted molar refractivity (Wildman–Crippen MR) is 31.4 cm³/mol. The first-order valence-corrected chi connectivity index (χ1v) is 2.24. The van der Waals surface area contributed by atoms with Crippen molar-refractivity contribution >= 4 is 60.8 Å². The number of carbonyl (C=O) groups excluding carboxylic acids is 2. The maximum atomic E-state index is 9.63. The van der Waals surface area contributed by atoms with Crippen LogP contribution in [0.15, 0.2) is 0 Å². The Balaban J connectivity index is -0.000000405. The molecular formula is C4H6BaO7. The predicted octanol–water partition coefficient (Wildman–Crippen LogP) is -6.00. The molecule has 4 N–H and O–H groups in total. The molecule has 7 nitrogen and oxygen atoms in total. The second-order valence-electron chi connectivity index (χ2n) is 1.53. The Morgan fingerprint density at radius 3 is 1.25 bits per heavy atom. The SMILES string of the molecule is O.O=C([O-])C(O)C(O)C(=O)[O-].[Ba+2]. The summed E-state index contributed by atoms with van der Waals surface area (Å²) in [6.07, 6.45) is -4.88. The van der Waals surface area contributed by atoms with E-state index in [0.717, 1.165) is 0 Å². The molecule has 0 aliphatic heterocycles. The fourth-order valence-corrected chi connectivity index (χ4v) is 0.258. The van der Waals surface area contributed by atoms with Crippen LogP contribution >= 0.6 is 0 Å². The molecule has 0 aliphatic carbocycles. The minimum atomic E-state index is -2.44. The summed E-state index contributed by atoms with van der Waals surface area (Å²) in [5.41, 5.74) is 0. The smallest absolute Gasteiger partial charge is 0.547 e. The van der Waals surface area contributed by atoms with Crippen LogP contribution in [0, 0.1) is 0 Å². The van der Waals surface area contributed by atoms with Crippen LogP contribution in [-0.2, 0) is 9.59 Å². The molecule has 0 aromatic carbocycles. The van der Waals surface area contributed by atoms with Gasteiger partial charge in [-0.2, -0.15) is 0 Å². The standard InChI is InChI=1S/C4H6O6.Ba.H2O/c5-1(3(7)8)2(6)4(9)10;;/h1-2,5-6H,(H,7,8)(H,9,10);;1H2/q;+2;/p-2. The number of carboxylic acids is 2. The molecule has 0 radical (unpaired) electrons. The first-order chi connectivity index (χ1) is 4.46. The number of aliphatic hydroxyl groups is 2. The first-order valence-electron chi connectivity index (χ1n) is 2.24. The summed E-state index contributed by atoms with van der Waals surface area (Å²) in [6, 6.07) is 0. The monoisotopic (exact) mass is 304 g/mol. The van der Waals surface area contributed by atoms with Gasteiger partial charge in [0.25, 0.3) is 0 Å². The van der Waals surface area contributed by atoms with Gasteiger partial charge < -0.3 is 35.5 Å². The second kappa shape index (κ2) is 8.01. The van der Waals surface area contributed by atoms with Crippen LogP contribution in [0.1, 0.15) is 0 Å². The minimum absolute atomic E-state index is 0. The van der Waals surface area contributed by atoms with Crippen molar-refractivity contribution in [3.05, 3.63) is 0 Å². The van der Waals surface area contributed by atoms with Gasteiger partial charge in [0.1, 0.15) is 12.2 Å². The molecule has 0 rings (SSSR count). The van der Waals surface area contributed by atoms with E-state index in [2.05, 4.69) is 0 Å². The Kier molecular flexibility index (Phi) is 12.2. The quantitative estimate of drug-likeness (QED) is 0.495. The number of hydrogen-bond acceptors (Lipinski definition) is 6. The molecule has 0 aliphatic rings. The van der Waals surface area contributed by atoms with Crippen LogP contribution < -0.4 is 10.2 Å². The van der Waals surface area contributed by atoms with E-state index in [9.17, 15) is 19.8 Å². The van der Waals surface area contributed by atoms with Gasteiger partial charge in [-0.1, -0.05) is 0 Å². The maximum absolute atomic E-state index is 9.63. The molecule has 12 heavy (non-hydrogen) atoms. The molecule has 0 amide bonds. The Hall–Kier alpha value is 0.391. The number of carboxylic acid groups (broad SMARTS) is 2. The number of aliphatic hydroxyl groups excluding tert-OH is 2. The van der Waals surface area contributed by atoms with Crippen molar-refractivity contribution < 1.29 is 35.5 Å². The Bertz CT molecular complexity index is 139. The normalized spacial score (nSPS) is 13.2. The molecule has 8 heteroatoms. The van der Waals surface area contributed by atoms with E-state index in [1.807, 2.05) is 0 Å². The van der Waals surface area contributed by atoms with Crippen LogP contribution in [0.25, 0.3) is 0 Å². The third kappa shape index (κ3) is 5.97. The van der Waals surface area contributed by atoms with Crippen LogP contribution in [0.5, 0.6) is 0 Å². The first kappa shape index (κ1) is 18.2. The average Bonchev–Trinajstić information content (AvgIpc) is 1.84. The zero-order valence-corrected chi connectivity index (χ0v) is 10.3. The Morgan fingerprint density at radius 1 is 1.00 bits per heavy atom. The molecule has 2 unspecified atom stereocenters. The van der Waals surface area contributed by atoms with Crippen molar-refractivity contribution in [1.29, 1.82) is 0 Å². The Morgan fingerprint density at radius 2 is 1.17 bits per heavy atom. The van der Waals surface area contributed by atoms with Crippen molar-refractivity contribution in [1.82, 2.24) is 0 Å². The number of carbonyl (C=O) groups is 2. The van der Waals surface area contributed by atoms with Gasteiger partial charge >= 0.3 is 48.9 Å². The summed E-state index contributed by atoms with van der Waals surface area (Å²) in [5.74, 6) is -4.12. The summed E-state index contributed by atoms with van der Waals surface area (Å²) in [6.45, 7) is 0. The van der Waals surface area contributed by atoms with E-state index in [1.165, 1.54) is 0 Å². The summed E-state index contributed by atoms with van der Waals surface area (Å²) in [7, 11) is 0. The van der Waals surface area contributed by atoms with Crippen LogP contribution in [-0.4, -0.2) is 88.7 Å². The maximum Gasteiger partial charge on any atom is 2.00 e. The van der Waals surface area contributed by atoms with Crippen LogP contribution in [0.4, 0.5) is 0 Å². The van der Waals surface area contributed by atoms with Gasteiger partial charge in [-0.05, 0) is 0 Å². The number of rotatable bonds is 3. The molecule has 0 fully saturated rings. The van der Waals surface area contributed by atoms with Gasteiger partial charge in [0.05, 0.1) is 11.9 Å². The summed E-state index contributed by atoms with van der Waals surface area (Å²) in [5, 5.41) is 35.7. The van der Waals surface area contributed by atoms with Gasteiger partial charge in [-0.25, -0.2) is 0 Å². The topological polar surface area (TPSA) is 152 Å². The van der Waals surface area contributed by atoms with Gasteiger partial charge in [0.2, 0.25) is 0 Å². The summed E-state index contributed by atoms with van der Waals surface area (Å²) in [4.78, 5) is 19.3. The van der Waals surface area contributed by atoms with E-state index in [1.54, 1.807) is 0 Å². The molecule has 0 spiro atoms. The molecule has 66 valence electrons. The minimum Gasteiger partial charge on any atom is -0.547 e. The molecule has 0 saturated carbocycles. The van der Waals surface area contributed by atoms with Crippen LogP contribution in [0.2, 0.25) is 0 Å².